The molecule has 4 amide bonds. The Morgan fingerprint density at radius 2 is 1.80 bits per heavy atom. The molecule has 0 bridgehead atoms. The van der Waals surface area contributed by atoms with Crippen molar-refractivity contribution in [1.29, 1.82) is 0 Å². The van der Waals surface area contributed by atoms with E-state index in [0.29, 0.717) is 35.2 Å². The summed E-state index contributed by atoms with van der Waals surface area (Å²) in [6.45, 7) is 4.72. The van der Waals surface area contributed by atoms with Gasteiger partial charge in [-0.05, 0) is 49.2 Å². The molecule has 3 rings (SSSR count). The van der Waals surface area contributed by atoms with E-state index in [-0.39, 0.29) is 11.3 Å². The Labute approximate surface area is 173 Å². The fraction of sp³-hybridized carbons (Fsp3) is 0.227. The number of hydrogen-bond acceptors (Lipinski definition) is 5. The first kappa shape index (κ1) is 21.0. The minimum absolute atomic E-state index is 0.239. The topological polar surface area (TPSA) is 84.9 Å². The summed E-state index contributed by atoms with van der Waals surface area (Å²) < 4.78 is 25.4. The second-order valence-electron chi connectivity index (χ2n) is 6.40. The second-order valence-corrected chi connectivity index (χ2v) is 6.40. The standard InChI is InChI=1S/C22H21FN2O5/c1-3-11-30-18-10-9-14(13-19(18)29-4-2)12-15-20(26)24-22(28)25(21(15)27)17-8-6-5-7-16(17)23/h5-10,12-13H,3-4,11H2,1-2H3,(H,24,26,28)/b15-12-. The normalized spacial score (nSPS) is 15.4. The van der Waals surface area contributed by atoms with Gasteiger partial charge in [-0.15, -0.1) is 0 Å². The van der Waals surface area contributed by atoms with Gasteiger partial charge in [0.2, 0.25) is 0 Å². The maximum atomic E-state index is 14.1. The summed E-state index contributed by atoms with van der Waals surface area (Å²) in [5.74, 6) is -1.53. The molecule has 0 spiro atoms. The molecule has 0 aromatic heterocycles. The molecule has 1 saturated heterocycles. The number of rotatable bonds is 7. The van der Waals surface area contributed by atoms with Crippen LogP contribution in [0.15, 0.2) is 48.0 Å². The number of nitrogens with one attached hydrogen (secondary N) is 1. The van der Waals surface area contributed by atoms with E-state index >= 15 is 0 Å². The number of carbonyl (C=O) groups excluding carboxylic acids is 3. The van der Waals surface area contributed by atoms with Crippen LogP contribution in [0.5, 0.6) is 11.5 Å². The lowest BCUT2D eigenvalue weighted by Gasteiger charge is -2.26. The average molecular weight is 412 g/mol. The number of benzene rings is 2. The monoisotopic (exact) mass is 412 g/mol. The Morgan fingerprint density at radius 1 is 1.03 bits per heavy atom. The molecule has 1 fully saturated rings. The van der Waals surface area contributed by atoms with Crippen molar-refractivity contribution in [3.63, 3.8) is 0 Å². The SMILES string of the molecule is CCCOc1ccc(/C=C2/C(=O)NC(=O)N(c3ccccc3F)C2=O)cc1OCC. The summed E-state index contributed by atoms with van der Waals surface area (Å²) in [4.78, 5) is 38.0. The number of imide groups is 2. The largest absolute Gasteiger partial charge is 0.490 e. The maximum absolute atomic E-state index is 14.1. The zero-order chi connectivity index (χ0) is 21.7. The highest BCUT2D eigenvalue weighted by atomic mass is 19.1. The number of amides is 4. The average Bonchev–Trinajstić information content (AvgIpc) is 2.72. The molecule has 1 N–H and O–H groups in total. The first-order valence-corrected chi connectivity index (χ1v) is 9.51. The van der Waals surface area contributed by atoms with Gasteiger partial charge in [-0.25, -0.2) is 14.1 Å². The third-order valence-corrected chi connectivity index (χ3v) is 4.24. The first-order valence-electron chi connectivity index (χ1n) is 9.51. The van der Waals surface area contributed by atoms with Crippen LogP contribution < -0.4 is 19.7 Å². The van der Waals surface area contributed by atoms with Crippen molar-refractivity contribution in [3.05, 3.63) is 59.4 Å². The molecule has 1 aliphatic rings. The molecule has 30 heavy (non-hydrogen) atoms. The van der Waals surface area contributed by atoms with E-state index in [2.05, 4.69) is 5.32 Å². The van der Waals surface area contributed by atoms with Gasteiger partial charge in [-0.1, -0.05) is 25.1 Å². The predicted molar refractivity (Wildman–Crippen MR) is 109 cm³/mol. The highest BCUT2D eigenvalue weighted by Crippen LogP contribution is 2.30. The van der Waals surface area contributed by atoms with Crippen LogP contribution in [0.2, 0.25) is 0 Å². The van der Waals surface area contributed by atoms with Crippen LogP contribution in [-0.2, 0) is 9.59 Å². The van der Waals surface area contributed by atoms with E-state index < -0.39 is 23.7 Å². The molecule has 0 atom stereocenters. The van der Waals surface area contributed by atoms with Gasteiger partial charge in [-0.3, -0.25) is 14.9 Å². The van der Waals surface area contributed by atoms with Gasteiger partial charge in [0.1, 0.15) is 11.4 Å². The van der Waals surface area contributed by atoms with E-state index in [1.54, 1.807) is 18.2 Å². The molecule has 2 aromatic rings. The Hall–Kier alpha value is -3.68. The van der Waals surface area contributed by atoms with Crippen LogP contribution in [-0.4, -0.2) is 31.1 Å². The van der Waals surface area contributed by atoms with Gasteiger partial charge in [0.15, 0.2) is 11.5 Å². The van der Waals surface area contributed by atoms with Gasteiger partial charge in [0.25, 0.3) is 11.8 Å². The molecule has 0 aliphatic carbocycles. The Balaban J connectivity index is 1.98. The van der Waals surface area contributed by atoms with E-state index in [4.69, 9.17) is 9.47 Å². The van der Waals surface area contributed by atoms with Crippen LogP contribution in [0.25, 0.3) is 6.08 Å². The Morgan fingerprint density at radius 3 is 2.50 bits per heavy atom. The van der Waals surface area contributed by atoms with Gasteiger partial charge in [0, 0.05) is 0 Å². The number of anilines is 1. The van der Waals surface area contributed by atoms with Crippen molar-refractivity contribution >= 4 is 29.6 Å². The molecular weight excluding hydrogens is 391 g/mol. The number of ether oxygens (including phenoxy) is 2. The third-order valence-electron chi connectivity index (χ3n) is 4.24. The molecule has 0 saturated carbocycles. The second kappa shape index (κ2) is 9.21. The molecule has 1 aliphatic heterocycles. The maximum Gasteiger partial charge on any atom is 0.336 e. The number of para-hydroxylation sites is 1. The number of barbiturate groups is 1. The van der Waals surface area contributed by atoms with E-state index in [9.17, 15) is 18.8 Å². The lowest BCUT2D eigenvalue weighted by atomic mass is 10.1. The third kappa shape index (κ3) is 4.32. The van der Waals surface area contributed by atoms with Crippen LogP contribution in [0.4, 0.5) is 14.9 Å². The quantitative estimate of drug-likeness (QED) is 0.554. The molecule has 0 radical (unpaired) electrons. The molecule has 156 valence electrons. The number of urea groups is 1. The smallest absolute Gasteiger partial charge is 0.336 e. The lowest BCUT2D eigenvalue weighted by molar-refractivity contribution is -0.122. The molecule has 8 heteroatoms. The van der Waals surface area contributed by atoms with Crippen molar-refractivity contribution < 1.29 is 28.2 Å². The highest BCUT2D eigenvalue weighted by Gasteiger charge is 2.37. The van der Waals surface area contributed by atoms with E-state index in [1.165, 1.54) is 24.3 Å². The fourth-order valence-corrected chi connectivity index (χ4v) is 2.89. The fourth-order valence-electron chi connectivity index (χ4n) is 2.89. The molecular formula is C22H21FN2O5. The molecule has 7 nitrogen and oxygen atoms in total. The minimum atomic E-state index is -1.01. The summed E-state index contributed by atoms with van der Waals surface area (Å²) in [5, 5.41) is 2.07. The van der Waals surface area contributed by atoms with E-state index in [0.717, 1.165) is 12.5 Å². The first-order chi connectivity index (χ1) is 14.5. The van der Waals surface area contributed by atoms with Crippen LogP contribution in [0, 0.1) is 5.82 Å². The van der Waals surface area contributed by atoms with Crippen LogP contribution in [0.1, 0.15) is 25.8 Å². The molecule has 0 unspecified atom stereocenters. The van der Waals surface area contributed by atoms with Crippen molar-refractivity contribution in [2.45, 2.75) is 20.3 Å². The van der Waals surface area contributed by atoms with Gasteiger partial charge >= 0.3 is 6.03 Å². The summed E-state index contributed by atoms with van der Waals surface area (Å²) in [6, 6.07) is 9.29. The van der Waals surface area contributed by atoms with Crippen LogP contribution >= 0.6 is 0 Å². The van der Waals surface area contributed by atoms with Crippen molar-refractivity contribution in [1.82, 2.24) is 5.32 Å². The Bertz CT molecular complexity index is 1020. The van der Waals surface area contributed by atoms with Crippen molar-refractivity contribution in [2.75, 3.05) is 18.1 Å². The van der Waals surface area contributed by atoms with Crippen molar-refractivity contribution in [3.8, 4) is 11.5 Å². The summed E-state index contributed by atoms with van der Waals surface area (Å²) in [5.41, 5.74) is -0.0529. The summed E-state index contributed by atoms with van der Waals surface area (Å²) >= 11 is 0. The summed E-state index contributed by atoms with van der Waals surface area (Å²) in [7, 11) is 0. The molecule has 2 aromatic carbocycles. The molecule has 1 heterocycles. The number of halogens is 1. The number of carbonyl (C=O) groups is 3. The van der Waals surface area contributed by atoms with Crippen molar-refractivity contribution in [2.24, 2.45) is 0 Å². The zero-order valence-corrected chi connectivity index (χ0v) is 16.6. The van der Waals surface area contributed by atoms with Gasteiger partial charge in [0.05, 0.1) is 18.9 Å². The number of hydrogen-bond donors (Lipinski definition) is 1. The Kier molecular flexibility index (Phi) is 6.46. The lowest BCUT2D eigenvalue weighted by Crippen LogP contribution is -2.54. The minimum Gasteiger partial charge on any atom is -0.490 e. The zero-order valence-electron chi connectivity index (χ0n) is 16.6. The van der Waals surface area contributed by atoms with Gasteiger partial charge < -0.3 is 9.47 Å². The highest BCUT2D eigenvalue weighted by molar-refractivity contribution is 6.39. The number of nitrogens with zero attached hydrogens (tertiary/aromatic N) is 1. The van der Waals surface area contributed by atoms with Gasteiger partial charge in [-0.2, -0.15) is 0 Å². The summed E-state index contributed by atoms with van der Waals surface area (Å²) in [6.07, 6.45) is 2.15. The van der Waals surface area contributed by atoms with E-state index in [1.807, 2.05) is 13.8 Å². The van der Waals surface area contributed by atoms with Crippen LogP contribution in [0.3, 0.4) is 0 Å². The predicted octanol–water partition coefficient (Wildman–Crippen LogP) is 3.68.